The summed E-state index contributed by atoms with van der Waals surface area (Å²) in [6.45, 7) is 7.59. The molecule has 1 atom stereocenters. The van der Waals surface area contributed by atoms with Crippen molar-refractivity contribution in [3.8, 4) is 0 Å². The topological polar surface area (TPSA) is 77.7 Å². The molecule has 29 heavy (non-hydrogen) atoms. The monoisotopic (exact) mass is 514 g/mol. The summed E-state index contributed by atoms with van der Waals surface area (Å²) in [5.74, 6) is 0.720. The maximum absolute atomic E-state index is 10.7. The number of rotatable bonds is 10. The lowest BCUT2D eigenvalue weighted by atomic mass is 10.0. The molecule has 2 aromatic rings. The predicted molar refractivity (Wildman–Crippen MR) is 130 cm³/mol. The number of aliphatic hydroxyl groups is 1. The number of guanidine groups is 1. The zero-order valence-corrected chi connectivity index (χ0v) is 20.3. The molecule has 0 bridgehead atoms. The Kier molecular flexibility index (Phi) is 11.2. The van der Waals surface area contributed by atoms with Gasteiger partial charge in [0.2, 0.25) is 0 Å². The molecule has 0 saturated heterocycles. The summed E-state index contributed by atoms with van der Waals surface area (Å²) in [4.78, 5) is 6.86. The Bertz CT molecular complexity index is 732. The number of nitrogens with one attached hydrogen (secondary N) is 2. The SMILES string of the molecule is CCNC(=NCC(C)(O)c1cnn(C)c1)NCCCN(C)Cc1ccccc1.I. The van der Waals surface area contributed by atoms with Crippen molar-refractivity contribution >= 4 is 29.9 Å². The summed E-state index contributed by atoms with van der Waals surface area (Å²) in [6, 6.07) is 10.5. The van der Waals surface area contributed by atoms with Gasteiger partial charge in [0.15, 0.2) is 5.96 Å². The molecule has 0 fully saturated rings. The lowest BCUT2D eigenvalue weighted by Gasteiger charge is -2.21. The van der Waals surface area contributed by atoms with Gasteiger partial charge in [-0.05, 0) is 39.4 Å². The molecule has 8 heteroatoms. The highest BCUT2D eigenvalue weighted by molar-refractivity contribution is 14.0. The minimum absolute atomic E-state index is 0. The number of halogens is 1. The normalized spacial score (nSPS) is 13.7. The van der Waals surface area contributed by atoms with E-state index in [-0.39, 0.29) is 30.5 Å². The number of hydrogen-bond acceptors (Lipinski definition) is 4. The number of aryl methyl sites for hydroxylation is 1. The molecule has 0 radical (unpaired) electrons. The second-order valence-corrected chi connectivity index (χ2v) is 7.38. The highest BCUT2D eigenvalue weighted by Crippen LogP contribution is 2.19. The van der Waals surface area contributed by atoms with E-state index >= 15 is 0 Å². The highest BCUT2D eigenvalue weighted by atomic mass is 127. The van der Waals surface area contributed by atoms with E-state index in [9.17, 15) is 5.11 Å². The summed E-state index contributed by atoms with van der Waals surface area (Å²) >= 11 is 0. The molecule has 1 heterocycles. The standard InChI is InChI=1S/C21H34N6O.HI/c1-5-22-20(24-17-21(2,28)19-14-25-27(4)16-19)23-12-9-13-26(3)15-18-10-7-6-8-11-18;/h6-8,10-11,14,16,28H,5,9,12-13,15,17H2,1-4H3,(H2,22,23,24);1H. The van der Waals surface area contributed by atoms with Crippen molar-refractivity contribution in [1.82, 2.24) is 25.3 Å². The number of benzene rings is 1. The van der Waals surface area contributed by atoms with Crippen molar-refractivity contribution in [2.75, 3.05) is 33.2 Å². The van der Waals surface area contributed by atoms with Crippen molar-refractivity contribution in [1.29, 1.82) is 0 Å². The van der Waals surface area contributed by atoms with Crippen LogP contribution in [-0.4, -0.2) is 59.0 Å². The molecule has 0 aliphatic rings. The fourth-order valence-corrected chi connectivity index (χ4v) is 2.90. The van der Waals surface area contributed by atoms with Gasteiger partial charge in [-0.1, -0.05) is 30.3 Å². The van der Waals surface area contributed by atoms with Crippen LogP contribution in [0.25, 0.3) is 0 Å². The van der Waals surface area contributed by atoms with E-state index in [2.05, 4.69) is 56.9 Å². The van der Waals surface area contributed by atoms with Crippen molar-refractivity contribution in [2.45, 2.75) is 32.4 Å². The number of hydrogen-bond donors (Lipinski definition) is 3. The van der Waals surface area contributed by atoms with Crippen LogP contribution in [0.5, 0.6) is 0 Å². The molecule has 2 rings (SSSR count). The van der Waals surface area contributed by atoms with E-state index in [0.29, 0.717) is 0 Å². The molecule has 0 aliphatic carbocycles. The smallest absolute Gasteiger partial charge is 0.191 e. The summed E-state index contributed by atoms with van der Waals surface area (Å²) in [7, 11) is 3.97. The van der Waals surface area contributed by atoms with Crippen LogP contribution in [0.2, 0.25) is 0 Å². The van der Waals surface area contributed by atoms with Gasteiger partial charge in [0.05, 0.1) is 12.7 Å². The molecule has 1 aromatic heterocycles. The van der Waals surface area contributed by atoms with Crippen molar-refractivity contribution in [2.24, 2.45) is 12.0 Å². The van der Waals surface area contributed by atoms with E-state index in [1.165, 1.54) is 5.56 Å². The van der Waals surface area contributed by atoms with E-state index in [4.69, 9.17) is 0 Å². The van der Waals surface area contributed by atoms with E-state index in [0.717, 1.165) is 44.1 Å². The van der Waals surface area contributed by atoms with Gasteiger partial charge in [-0.25, -0.2) is 4.99 Å². The van der Waals surface area contributed by atoms with Gasteiger partial charge in [-0.15, -0.1) is 24.0 Å². The zero-order valence-electron chi connectivity index (χ0n) is 17.9. The molecular formula is C21H35IN6O. The van der Waals surface area contributed by atoms with Crippen LogP contribution < -0.4 is 10.6 Å². The van der Waals surface area contributed by atoms with Crippen LogP contribution >= 0.6 is 24.0 Å². The van der Waals surface area contributed by atoms with Gasteiger partial charge < -0.3 is 20.6 Å². The molecule has 0 amide bonds. The van der Waals surface area contributed by atoms with Gasteiger partial charge in [-0.2, -0.15) is 5.10 Å². The van der Waals surface area contributed by atoms with Crippen LogP contribution in [0.4, 0.5) is 0 Å². The lowest BCUT2D eigenvalue weighted by Crippen LogP contribution is -2.40. The average Bonchev–Trinajstić information content (AvgIpc) is 3.11. The van der Waals surface area contributed by atoms with Gasteiger partial charge in [0.1, 0.15) is 5.60 Å². The molecule has 1 unspecified atom stereocenters. The Morgan fingerprint density at radius 3 is 2.62 bits per heavy atom. The summed E-state index contributed by atoms with van der Waals surface area (Å²) < 4.78 is 1.68. The first kappa shape index (κ1) is 25.4. The van der Waals surface area contributed by atoms with Crippen LogP contribution in [0.15, 0.2) is 47.7 Å². The fraction of sp³-hybridized carbons (Fsp3) is 0.524. The molecular weight excluding hydrogens is 479 g/mol. The van der Waals surface area contributed by atoms with Gasteiger partial charge in [0.25, 0.3) is 0 Å². The Balaban J connectivity index is 0.00000420. The third kappa shape index (κ3) is 9.14. The highest BCUT2D eigenvalue weighted by Gasteiger charge is 2.24. The van der Waals surface area contributed by atoms with Crippen LogP contribution in [0.3, 0.4) is 0 Å². The second-order valence-electron chi connectivity index (χ2n) is 7.38. The summed E-state index contributed by atoms with van der Waals surface area (Å²) in [5.41, 5.74) is 1.04. The predicted octanol–water partition coefficient (Wildman–Crippen LogP) is 2.32. The number of aliphatic imine (C=N–C) groups is 1. The Morgan fingerprint density at radius 1 is 1.28 bits per heavy atom. The van der Waals surface area contributed by atoms with Crippen LogP contribution in [-0.2, 0) is 19.2 Å². The minimum Gasteiger partial charge on any atom is -0.383 e. The van der Waals surface area contributed by atoms with Crippen molar-refractivity contribution in [3.63, 3.8) is 0 Å². The molecule has 7 nitrogen and oxygen atoms in total. The quantitative estimate of drug-likeness (QED) is 0.196. The first-order valence-electron chi connectivity index (χ1n) is 9.87. The second kappa shape index (κ2) is 12.8. The Labute approximate surface area is 191 Å². The van der Waals surface area contributed by atoms with Crippen molar-refractivity contribution < 1.29 is 5.11 Å². The lowest BCUT2D eigenvalue weighted by molar-refractivity contribution is 0.0672. The average molecular weight is 514 g/mol. The number of aromatic nitrogens is 2. The van der Waals surface area contributed by atoms with E-state index in [1.54, 1.807) is 17.8 Å². The fourth-order valence-electron chi connectivity index (χ4n) is 2.90. The van der Waals surface area contributed by atoms with Gasteiger partial charge in [0, 0.05) is 38.4 Å². The Hall–Kier alpha value is -1.65. The molecule has 0 spiro atoms. The third-order valence-corrected chi connectivity index (χ3v) is 4.52. The van der Waals surface area contributed by atoms with Crippen molar-refractivity contribution in [3.05, 3.63) is 53.9 Å². The van der Waals surface area contributed by atoms with Gasteiger partial charge >= 0.3 is 0 Å². The first-order chi connectivity index (χ1) is 13.4. The maximum Gasteiger partial charge on any atom is 0.191 e. The minimum atomic E-state index is -1.05. The summed E-state index contributed by atoms with van der Waals surface area (Å²) in [6.07, 6.45) is 4.50. The van der Waals surface area contributed by atoms with E-state index in [1.807, 2.05) is 26.2 Å². The third-order valence-electron chi connectivity index (χ3n) is 4.52. The van der Waals surface area contributed by atoms with Crippen LogP contribution in [0.1, 0.15) is 31.4 Å². The molecule has 0 saturated carbocycles. The molecule has 3 N–H and O–H groups in total. The molecule has 162 valence electrons. The first-order valence-corrected chi connectivity index (χ1v) is 9.87. The number of nitrogens with zero attached hydrogens (tertiary/aromatic N) is 4. The summed E-state index contributed by atoms with van der Waals surface area (Å²) in [5, 5.41) is 21.4. The zero-order chi connectivity index (χ0) is 20.4. The Morgan fingerprint density at radius 2 is 2.00 bits per heavy atom. The largest absolute Gasteiger partial charge is 0.383 e. The van der Waals surface area contributed by atoms with Crippen LogP contribution in [0, 0.1) is 0 Å². The maximum atomic E-state index is 10.7. The molecule has 1 aromatic carbocycles. The van der Waals surface area contributed by atoms with Gasteiger partial charge in [-0.3, -0.25) is 4.68 Å². The molecule has 0 aliphatic heterocycles. The van der Waals surface area contributed by atoms with E-state index < -0.39 is 5.60 Å².